The van der Waals surface area contributed by atoms with Crippen LogP contribution in [0.5, 0.6) is 0 Å². The first kappa shape index (κ1) is 31.1. The van der Waals surface area contributed by atoms with Crippen molar-refractivity contribution in [3.05, 3.63) is 65.5 Å². The van der Waals surface area contributed by atoms with Gasteiger partial charge in [0.15, 0.2) is 0 Å². The number of carbonyl (C=O) groups is 2. The molecule has 0 bridgehead atoms. The number of benzene rings is 2. The highest BCUT2D eigenvalue weighted by molar-refractivity contribution is 6.51. The van der Waals surface area contributed by atoms with Gasteiger partial charge in [-0.25, -0.2) is 9.18 Å². The van der Waals surface area contributed by atoms with Crippen molar-refractivity contribution in [2.75, 3.05) is 23.3 Å². The van der Waals surface area contributed by atoms with Crippen LogP contribution < -0.4 is 16.0 Å². The van der Waals surface area contributed by atoms with E-state index in [-0.39, 0.29) is 35.9 Å². The lowest BCUT2D eigenvalue weighted by Crippen LogP contribution is -2.65. The Hall–Kier alpha value is -2.09. The fourth-order valence-corrected chi connectivity index (χ4v) is 4.58. The predicted octanol–water partition coefficient (Wildman–Crippen LogP) is -0.890. The Morgan fingerprint density at radius 1 is 0.973 bits per heavy atom. The second-order valence-corrected chi connectivity index (χ2v) is 10.9. The largest absolute Gasteiger partial charge is 0.464 e. The van der Waals surface area contributed by atoms with Crippen LogP contribution in [0.4, 0.5) is 10.1 Å². The minimum atomic E-state index is -0.935. The van der Waals surface area contributed by atoms with E-state index in [4.69, 9.17) is 33.7 Å². The summed E-state index contributed by atoms with van der Waals surface area (Å²) in [4.78, 5) is 27.6. The molecule has 2 atom stereocenters. The summed E-state index contributed by atoms with van der Waals surface area (Å²) in [6.07, 6.45) is 0.435. The Labute approximate surface area is 232 Å². The molecule has 0 radical (unpaired) electrons. The zero-order valence-electron chi connectivity index (χ0n) is 22.2. The Bertz CT molecular complexity index is 1030. The quantitative estimate of drug-likeness (QED) is 0.194. The average Bonchev–Trinajstić information content (AvgIpc) is 2.85. The summed E-state index contributed by atoms with van der Waals surface area (Å²) in [7, 11) is 8.26. The number of rotatable bonds is 13. The zero-order chi connectivity index (χ0) is 27.8. The van der Waals surface area contributed by atoms with E-state index in [9.17, 15) is 14.0 Å². The fraction of sp³-hybridized carbons (Fsp3) is 0.417. The standard InChI is InChI=1S/C24H34B4Cl2FN3O3/c1-2-37-22(36)20(12-16-3-7-17(31)8-4-16)33-21(35)19(32)11-15-5-9-18(10-6-15)34(23(25,26)13-29)24(27,28)14-30/h3-10,19-20H,2,11-14,25-28,32H2,1H3,(H,33,35). The maximum Gasteiger partial charge on any atom is 0.328 e. The molecule has 2 rings (SSSR count). The number of hydrogen-bond donors (Lipinski definition) is 2. The van der Waals surface area contributed by atoms with Gasteiger partial charge < -0.3 is 20.7 Å². The molecule has 3 N–H and O–H groups in total. The van der Waals surface area contributed by atoms with E-state index in [0.717, 1.165) is 11.3 Å². The maximum absolute atomic E-state index is 13.3. The minimum Gasteiger partial charge on any atom is -0.464 e. The second-order valence-electron chi connectivity index (χ2n) is 10.3. The van der Waals surface area contributed by atoms with Gasteiger partial charge in [0.05, 0.1) is 12.6 Å². The van der Waals surface area contributed by atoms with Crippen LogP contribution in [0, 0.1) is 5.82 Å². The first-order valence-corrected chi connectivity index (χ1v) is 13.4. The molecule has 0 fully saturated rings. The number of nitrogens with one attached hydrogen (secondary N) is 1. The normalized spacial score (nSPS) is 13.4. The summed E-state index contributed by atoms with van der Waals surface area (Å²) in [6.45, 7) is 1.86. The van der Waals surface area contributed by atoms with Crippen LogP contribution in [-0.4, -0.2) is 84.4 Å². The molecule has 0 saturated carbocycles. The van der Waals surface area contributed by atoms with Crippen molar-refractivity contribution < 1.29 is 18.7 Å². The molecule has 0 aliphatic carbocycles. The Morgan fingerprint density at radius 2 is 1.46 bits per heavy atom. The molecule has 0 aliphatic heterocycles. The number of nitrogens with zero attached hydrogens (tertiary/aromatic N) is 1. The summed E-state index contributed by atoms with van der Waals surface area (Å²) in [5.41, 5.74) is 8.72. The topological polar surface area (TPSA) is 84.7 Å². The van der Waals surface area contributed by atoms with Crippen LogP contribution in [0.1, 0.15) is 18.1 Å². The molecule has 0 heterocycles. The van der Waals surface area contributed by atoms with Gasteiger partial charge in [-0.1, -0.05) is 24.3 Å². The van der Waals surface area contributed by atoms with Gasteiger partial charge in [0, 0.05) is 23.9 Å². The van der Waals surface area contributed by atoms with Gasteiger partial charge in [0.25, 0.3) is 0 Å². The lowest BCUT2D eigenvalue weighted by molar-refractivity contribution is -0.147. The zero-order valence-corrected chi connectivity index (χ0v) is 23.7. The van der Waals surface area contributed by atoms with Crippen molar-refractivity contribution in [1.82, 2.24) is 5.32 Å². The molecule has 0 aliphatic rings. The van der Waals surface area contributed by atoms with Gasteiger partial charge in [-0.2, -0.15) is 0 Å². The minimum absolute atomic E-state index is 0.162. The van der Waals surface area contributed by atoms with Crippen LogP contribution in [0.15, 0.2) is 48.5 Å². The highest BCUT2D eigenvalue weighted by Crippen LogP contribution is 2.29. The number of hydrogen-bond acceptors (Lipinski definition) is 5. The molecule has 6 nitrogen and oxygen atoms in total. The highest BCUT2D eigenvalue weighted by atomic mass is 35.5. The SMILES string of the molecule is BC(B)(CCl)N(c1ccc(CC(N)C(=O)NC(Cc2ccc(F)cc2)C(=O)OCC)cc1)C(B)(B)CCl. The number of ether oxygens (including phenoxy) is 1. The van der Waals surface area contributed by atoms with E-state index >= 15 is 0 Å². The van der Waals surface area contributed by atoms with Gasteiger partial charge in [0.1, 0.15) is 43.2 Å². The van der Waals surface area contributed by atoms with Crippen LogP contribution in [0.2, 0.25) is 0 Å². The van der Waals surface area contributed by atoms with Gasteiger partial charge in [-0.3, -0.25) is 4.79 Å². The molecule has 13 heteroatoms. The van der Waals surface area contributed by atoms with E-state index in [2.05, 4.69) is 41.6 Å². The van der Waals surface area contributed by atoms with Gasteiger partial charge in [-0.15, -0.1) is 23.2 Å². The van der Waals surface area contributed by atoms with Crippen molar-refractivity contribution in [1.29, 1.82) is 0 Å². The second kappa shape index (κ2) is 13.6. The van der Waals surface area contributed by atoms with Gasteiger partial charge in [-0.05, 0) is 59.4 Å². The first-order valence-electron chi connectivity index (χ1n) is 12.3. The number of alkyl halides is 2. The fourth-order valence-electron chi connectivity index (χ4n) is 4.34. The number of nitrogens with two attached hydrogens (primary N) is 1. The number of esters is 1. The monoisotopic (exact) mass is 545 g/mol. The molecular formula is C24H34B4Cl2FN3O3. The molecule has 0 aromatic heterocycles. The van der Waals surface area contributed by atoms with Crippen molar-refractivity contribution in [3.8, 4) is 0 Å². The molecule has 196 valence electrons. The molecule has 2 aromatic rings. The average molecular weight is 546 g/mol. The van der Waals surface area contributed by atoms with Crippen LogP contribution in [0.3, 0.4) is 0 Å². The lowest BCUT2D eigenvalue weighted by Gasteiger charge is -2.50. The van der Waals surface area contributed by atoms with Crippen molar-refractivity contribution >= 4 is 72.2 Å². The van der Waals surface area contributed by atoms with Gasteiger partial charge in [0.2, 0.25) is 5.91 Å². The third-order valence-corrected chi connectivity index (χ3v) is 7.40. The Morgan fingerprint density at radius 3 is 1.95 bits per heavy atom. The van der Waals surface area contributed by atoms with E-state index in [0.29, 0.717) is 17.3 Å². The molecule has 1 amide bonds. The first-order chi connectivity index (χ1) is 17.3. The maximum atomic E-state index is 13.3. The Kier molecular flexibility index (Phi) is 11.5. The third-order valence-electron chi connectivity index (χ3n) is 6.09. The summed E-state index contributed by atoms with van der Waals surface area (Å²) in [5, 5.41) is 2.01. The number of carbonyl (C=O) groups excluding carboxylic acids is 2. The van der Waals surface area contributed by atoms with Gasteiger partial charge >= 0.3 is 5.97 Å². The lowest BCUT2D eigenvalue weighted by atomic mass is 9.53. The van der Waals surface area contributed by atoms with Crippen molar-refractivity contribution in [3.63, 3.8) is 0 Å². The highest BCUT2D eigenvalue weighted by Gasteiger charge is 2.36. The molecule has 2 aromatic carbocycles. The molecule has 0 saturated heterocycles. The van der Waals surface area contributed by atoms with Crippen LogP contribution in [0.25, 0.3) is 0 Å². The number of anilines is 1. The summed E-state index contributed by atoms with van der Waals surface area (Å²) >= 11 is 12.6. The predicted molar refractivity (Wildman–Crippen MR) is 160 cm³/mol. The van der Waals surface area contributed by atoms with Crippen molar-refractivity contribution in [2.24, 2.45) is 5.73 Å². The van der Waals surface area contributed by atoms with Crippen molar-refractivity contribution in [2.45, 2.75) is 42.5 Å². The smallest absolute Gasteiger partial charge is 0.328 e. The van der Waals surface area contributed by atoms with Crippen LogP contribution >= 0.6 is 23.2 Å². The van der Waals surface area contributed by atoms with E-state index < -0.39 is 24.0 Å². The molecule has 0 spiro atoms. The van der Waals surface area contributed by atoms with E-state index in [1.54, 1.807) is 19.1 Å². The molecule has 37 heavy (non-hydrogen) atoms. The number of halogens is 3. The Balaban J connectivity index is 2.13. The van der Waals surface area contributed by atoms with E-state index in [1.165, 1.54) is 12.1 Å². The summed E-state index contributed by atoms with van der Waals surface area (Å²) in [6, 6.07) is 11.7. The molecular weight excluding hydrogens is 511 g/mol. The summed E-state index contributed by atoms with van der Waals surface area (Å²) < 4.78 is 18.4. The van der Waals surface area contributed by atoms with E-state index in [1.807, 2.05) is 24.3 Å². The van der Waals surface area contributed by atoms with Crippen LogP contribution in [-0.2, 0) is 27.2 Å². The molecule has 2 unspecified atom stereocenters. The summed E-state index contributed by atoms with van der Waals surface area (Å²) in [5.74, 6) is -0.591. The third kappa shape index (κ3) is 8.72. The number of amides is 1.